The van der Waals surface area contributed by atoms with Gasteiger partial charge in [-0.2, -0.15) is 0 Å². The van der Waals surface area contributed by atoms with Gasteiger partial charge >= 0.3 is 0 Å². The smallest absolute Gasteiger partial charge is 0.245 e. The van der Waals surface area contributed by atoms with Crippen molar-refractivity contribution in [2.24, 2.45) is 10.8 Å². The fourth-order valence-corrected chi connectivity index (χ4v) is 9.23. The molecule has 2 aromatic carbocycles. The summed E-state index contributed by atoms with van der Waals surface area (Å²) in [7, 11) is 4.15. The second-order valence-corrected chi connectivity index (χ2v) is 21.0. The molecule has 0 aliphatic carbocycles. The lowest BCUT2D eigenvalue weighted by atomic mass is 9.85. The van der Waals surface area contributed by atoms with Gasteiger partial charge in [-0.05, 0) is 107 Å². The van der Waals surface area contributed by atoms with Crippen LogP contribution in [0.2, 0.25) is 0 Å². The zero-order chi connectivity index (χ0) is 46.9. The summed E-state index contributed by atoms with van der Waals surface area (Å²) in [5.74, 6) is -0.290. The van der Waals surface area contributed by atoms with Crippen molar-refractivity contribution in [2.75, 3.05) is 59.4 Å². The van der Waals surface area contributed by atoms with Crippen LogP contribution in [-0.2, 0) is 32.0 Å². The largest absolute Gasteiger partial charge is 0.342 e. The summed E-state index contributed by atoms with van der Waals surface area (Å²) in [5.41, 5.74) is 1.78. The van der Waals surface area contributed by atoms with Crippen molar-refractivity contribution in [2.45, 2.75) is 156 Å². The highest BCUT2D eigenvalue weighted by Crippen LogP contribution is 2.28. The van der Waals surface area contributed by atoms with Crippen LogP contribution in [0.15, 0.2) is 60.7 Å². The number of nitrogens with zero attached hydrogens (tertiary/aromatic N) is 4. The molecule has 2 aliphatic rings. The Kier molecular flexibility index (Phi) is 21.7. The maximum atomic E-state index is 14.3. The number of unbranched alkanes of at least 4 members (excludes halogenated alkanes) is 3. The predicted octanol–water partition coefficient (Wildman–Crippen LogP) is 6.06. The topological polar surface area (TPSA) is 129 Å². The molecule has 0 bridgehead atoms. The second-order valence-electron chi connectivity index (χ2n) is 20.7. The number of carbonyl (C=O) groups is 4. The predicted molar refractivity (Wildman–Crippen MR) is 265 cm³/mol. The van der Waals surface area contributed by atoms with Crippen LogP contribution in [0.4, 0.5) is 0 Å². The molecule has 2 saturated heterocycles. The number of likely N-dealkylation sites (tertiary alicyclic amines) is 2. The van der Waals surface area contributed by atoms with Crippen LogP contribution in [0.1, 0.15) is 118 Å². The highest BCUT2D eigenvalue weighted by molar-refractivity contribution is 7.13. The van der Waals surface area contributed by atoms with Crippen LogP contribution in [0.3, 0.4) is 0 Å². The molecule has 2 aliphatic heterocycles. The molecule has 2 fully saturated rings. The van der Waals surface area contributed by atoms with Crippen molar-refractivity contribution in [3.05, 3.63) is 71.8 Å². The molecule has 0 aromatic heterocycles. The number of amides is 4. The number of carbonyl (C=O) groups excluding carboxylic acids is 4. The average Bonchev–Trinajstić information content (AvgIpc) is 3.95. The lowest BCUT2D eigenvalue weighted by molar-refractivity contribution is -0.141. The Morgan fingerprint density at radius 1 is 0.625 bits per heavy atom. The molecule has 13 heteroatoms. The number of nitrogens with one attached hydrogen (secondary N) is 4. The van der Waals surface area contributed by atoms with E-state index in [0.717, 1.165) is 110 Å². The first-order valence-corrected chi connectivity index (χ1v) is 24.9. The molecule has 0 radical (unpaired) electrons. The molecule has 2 aromatic rings. The van der Waals surface area contributed by atoms with E-state index in [2.05, 4.69) is 111 Å². The van der Waals surface area contributed by atoms with Gasteiger partial charge < -0.3 is 35.6 Å². The summed E-state index contributed by atoms with van der Waals surface area (Å²) in [6, 6.07) is 19.5. The SMILES string of the molecule is CNC(C)C(=O)NC(C(=O)N1CCCC1CN(CCCCCCN(CCc1ccccc1)CC1CCCN1C(=O)C(NC(=O)C(C)NP)C(C)(C)C)CCc1ccccc1)C(C)(C)C. The maximum absolute atomic E-state index is 14.3. The van der Waals surface area contributed by atoms with Crippen molar-refractivity contribution in [1.29, 1.82) is 0 Å². The highest BCUT2D eigenvalue weighted by atomic mass is 31.0. The van der Waals surface area contributed by atoms with Crippen molar-refractivity contribution >= 4 is 33.0 Å². The van der Waals surface area contributed by atoms with Crippen molar-refractivity contribution in [3.8, 4) is 0 Å². The molecule has 358 valence electrons. The zero-order valence-corrected chi connectivity index (χ0v) is 42.1. The van der Waals surface area contributed by atoms with E-state index >= 15 is 0 Å². The minimum absolute atomic E-state index is 0.0178. The van der Waals surface area contributed by atoms with Gasteiger partial charge in [-0.25, -0.2) is 0 Å². The van der Waals surface area contributed by atoms with E-state index in [1.54, 1.807) is 14.0 Å². The van der Waals surface area contributed by atoms with Gasteiger partial charge in [0.25, 0.3) is 0 Å². The zero-order valence-electron chi connectivity index (χ0n) is 41.0. The Labute approximate surface area is 389 Å². The molecule has 2 heterocycles. The van der Waals surface area contributed by atoms with Gasteiger partial charge in [0.15, 0.2) is 0 Å². The molecule has 7 atom stereocenters. The first kappa shape index (κ1) is 53.2. The van der Waals surface area contributed by atoms with E-state index in [0.29, 0.717) is 6.54 Å². The summed E-state index contributed by atoms with van der Waals surface area (Å²) >= 11 is 0. The van der Waals surface area contributed by atoms with Gasteiger partial charge in [0.2, 0.25) is 23.6 Å². The molecule has 12 nitrogen and oxygen atoms in total. The van der Waals surface area contributed by atoms with Crippen LogP contribution < -0.4 is 21.0 Å². The van der Waals surface area contributed by atoms with Gasteiger partial charge in [-0.3, -0.25) is 24.3 Å². The lowest BCUT2D eigenvalue weighted by Gasteiger charge is -2.37. The third kappa shape index (κ3) is 16.8. The third-order valence-corrected chi connectivity index (χ3v) is 13.8. The van der Waals surface area contributed by atoms with Crippen LogP contribution >= 0.6 is 9.39 Å². The fraction of sp³-hybridized carbons (Fsp3) is 0.686. The highest BCUT2D eigenvalue weighted by Gasteiger charge is 2.42. The van der Waals surface area contributed by atoms with E-state index in [4.69, 9.17) is 0 Å². The van der Waals surface area contributed by atoms with E-state index in [9.17, 15) is 19.2 Å². The molecular formula is C51H85N8O4P. The first-order chi connectivity index (χ1) is 30.4. The Morgan fingerprint density at radius 3 is 1.38 bits per heavy atom. The summed E-state index contributed by atoms with van der Waals surface area (Å²) in [4.78, 5) is 63.7. The van der Waals surface area contributed by atoms with Crippen LogP contribution in [-0.4, -0.2) is 139 Å². The summed E-state index contributed by atoms with van der Waals surface area (Å²) in [6.07, 6.45) is 10.2. The van der Waals surface area contributed by atoms with Crippen LogP contribution in [0, 0.1) is 10.8 Å². The number of benzene rings is 2. The second kappa shape index (κ2) is 26.1. The van der Waals surface area contributed by atoms with E-state index in [-0.39, 0.29) is 41.8 Å². The van der Waals surface area contributed by atoms with Crippen LogP contribution in [0.5, 0.6) is 0 Å². The Morgan fingerprint density at radius 2 is 1.02 bits per heavy atom. The van der Waals surface area contributed by atoms with Gasteiger partial charge in [0.1, 0.15) is 12.1 Å². The van der Waals surface area contributed by atoms with Gasteiger partial charge in [-0.15, -0.1) is 0 Å². The van der Waals surface area contributed by atoms with E-state index < -0.39 is 29.0 Å². The number of hydrogen-bond acceptors (Lipinski definition) is 8. The molecule has 64 heavy (non-hydrogen) atoms. The minimum atomic E-state index is -0.607. The van der Waals surface area contributed by atoms with Gasteiger partial charge in [0.05, 0.1) is 12.1 Å². The molecule has 0 saturated carbocycles. The van der Waals surface area contributed by atoms with Crippen LogP contribution in [0.25, 0.3) is 0 Å². The molecular weight excluding hydrogens is 820 g/mol. The maximum Gasteiger partial charge on any atom is 0.245 e. The van der Waals surface area contributed by atoms with Gasteiger partial charge in [-0.1, -0.05) is 124 Å². The lowest BCUT2D eigenvalue weighted by Crippen LogP contribution is -2.59. The minimum Gasteiger partial charge on any atom is -0.342 e. The molecule has 4 amide bonds. The van der Waals surface area contributed by atoms with E-state index in [1.165, 1.54) is 11.1 Å². The molecule has 4 N–H and O–H groups in total. The Bertz CT molecular complexity index is 1590. The standard InChI is InChI=1S/C51H85N8O4P/c1-38(52-9)46(60)53-44(50(3,4)5)48(62)58-32-20-26-42(58)36-56(34-28-40-22-14-12-15-23-40)30-18-10-11-19-31-57(35-29-41-24-16-13-17-25-41)37-43-27-21-33-59(43)49(63)45(51(6,7)8)54-47(61)39(2)55-64/h12-17,22-25,38-39,42-45,52,55H,10-11,18-21,26-37,64H2,1-9H3,(H,53,60)(H,54,61). The van der Waals surface area contributed by atoms with Crippen molar-refractivity contribution in [1.82, 2.24) is 40.6 Å². The van der Waals surface area contributed by atoms with Crippen molar-refractivity contribution < 1.29 is 19.2 Å². The number of rotatable bonds is 25. The summed E-state index contributed by atoms with van der Waals surface area (Å²) < 4.78 is 0. The number of likely N-dealkylation sites (N-methyl/N-ethyl adjacent to an activating group) is 1. The quantitative estimate of drug-likeness (QED) is 0.0701. The Balaban J connectivity index is 1.38. The third-order valence-electron chi connectivity index (χ3n) is 13.3. The van der Waals surface area contributed by atoms with E-state index in [1.807, 2.05) is 48.5 Å². The monoisotopic (exact) mass is 905 g/mol. The summed E-state index contributed by atoms with van der Waals surface area (Å²) in [5, 5.41) is 12.1. The van der Waals surface area contributed by atoms with Crippen molar-refractivity contribution in [3.63, 3.8) is 0 Å². The number of hydrogen-bond donors (Lipinski definition) is 4. The first-order valence-electron chi connectivity index (χ1n) is 24.3. The molecule has 4 rings (SSSR count). The Hall–Kier alpha value is -3.41. The van der Waals surface area contributed by atoms with Gasteiger partial charge in [0, 0.05) is 51.4 Å². The molecule has 0 spiro atoms. The fourth-order valence-electron chi connectivity index (χ4n) is 9.07. The summed E-state index contributed by atoms with van der Waals surface area (Å²) in [6.45, 7) is 22.7. The molecule has 7 unspecified atom stereocenters. The normalized spacial score (nSPS) is 18.9. The average molecular weight is 905 g/mol.